The van der Waals surface area contributed by atoms with Gasteiger partial charge in [0.05, 0.1) is 0 Å². The van der Waals surface area contributed by atoms with Gasteiger partial charge in [0.25, 0.3) is 0 Å². The Kier molecular flexibility index (Phi) is 2.22. The molecular weight excluding hydrogens is 141 g/mol. The predicted octanol–water partition coefficient (Wildman–Crippen LogP) is 2.65. The number of hydrogen-bond acceptors (Lipinski definition) is 1. The molecule has 0 saturated heterocycles. The van der Waals surface area contributed by atoms with Crippen LogP contribution in [0.1, 0.15) is 31.2 Å². The summed E-state index contributed by atoms with van der Waals surface area (Å²) >= 11 is 0. The second-order valence-electron chi connectivity index (χ2n) is 3.01. The van der Waals surface area contributed by atoms with Crippen molar-refractivity contribution in [3.8, 4) is 0 Å². The Balaban J connectivity index is 3.08. The summed E-state index contributed by atoms with van der Waals surface area (Å²) in [5.74, 6) is 0.102. The van der Waals surface area contributed by atoms with Crippen LogP contribution in [0.4, 0.5) is 4.39 Å². The molecule has 0 aliphatic rings. The number of hydrogen-bond donors (Lipinski definition) is 0. The van der Waals surface area contributed by atoms with E-state index in [-0.39, 0.29) is 5.82 Å². The number of rotatable bonds is 1. The first kappa shape index (κ1) is 8.18. The lowest BCUT2D eigenvalue weighted by molar-refractivity contribution is 0.616. The van der Waals surface area contributed by atoms with E-state index < -0.39 is 0 Å². The molecule has 1 aromatic heterocycles. The van der Waals surface area contributed by atoms with Crippen molar-refractivity contribution in [2.24, 2.45) is 0 Å². The molecule has 0 amide bonds. The van der Waals surface area contributed by atoms with Crippen LogP contribution in [-0.4, -0.2) is 4.98 Å². The summed E-state index contributed by atoms with van der Waals surface area (Å²) in [5.41, 5.74) is 1.57. The smallest absolute Gasteiger partial charge is 0.126 e. The van der Waals surface area contributed by atoms with E-state index in [2.05, 4.69) is 4.98 Å². The molecule has 1 heterocycles. The molecule has 0 N–H and O–H groups in total. The minimum Gasteiger partial charge on any atom is -0.258 e. The van der Waals surface area contributed by atoms with E-state index in [0.29, 0.717) is 5.92 Å². The van der Waals surface area contributed by atoms with Crippen LogP contribution in [0.3, 0.4) is 0 Å². The maximum Gasteiger partial charge on any atom is 0.126 e. The van der Waals surface area contributed by atoms with Crippen LogP contribution in [-0.2, 0) is 0 Å². The largest absolute Gasteiger partial charge is 0.258 e. The number of aryl methyl sites for hydroxylation is 1. The van der Waals surface area contributed by atoms with Crippen molar-refractivity contribution in [3.05, 3.63) is 29.3 Å². The molecule has 0 unspecified atom stereocenters. The van der Waals surface area contributed by atoms with Crippen molar-refractivity contribution in [3.63, 3.8) is 0 Å². The van der Waals surface area contributed by atoms with Gasteiger partial charge in [0, 0.05) is 11.4 Å². The standard InChI is InChI=1S/C9H12FN/c1-6(2)9-5-8(10)4-7(3)11-9/h4-6H,1-3H3. The molecule has 0 aliphatic carbocycles. The zero-order chi connectivity index (χ0) is 8.43. The van der Waals surface area contributed by atoms with Gasteiger partial charge in [-0.05, 0) is 25.0 Å². The minimum atomic E-state index is -0.193. The van der Waals surface area contributed by atoms with Crippen LogP contribution in [0.2, 0.25) is 0 Å². The molecule has 0 radical (unpaired) electrons. The monoisotopic (exact) mass is 153 g/mol. The topological polar surface area (TPSA) is 12.9 Å². The molecule has 0 aromatic carbocycles. The van der Waals surface area contributed by atoms with Gasteiger partial charge in [-0.25, -0.2) is 4.39 Å². The number of nitrogens with zero attached hydrogens (tertiary/aromatic N) is 1. The van der Waals surface area contributed by atoms with E-state index in [9.17, 15) is 4.39 Å². The second kappa shape index (κ2) is 2.99. The molecule has 0 fully saturated rings. The maximum absolute atomic E-state index is 12.7. The number of pyridine rings is 1. The van der Waals surface area contributed by atoms with Gasteiger partial charge in [0.2, 0.25) is 0 Å². The van der Waals surface area contributed by atoms with Crippen molar-refractivity contribution >= 4 is 0 Å². The van der Waals surface area contributed by atoms with Crippen LogP contribution in [0, 0.1) is 12.7 Å². The van der Waals surface area contributed by atoms with E-state index >= 15 is 0 Å². The fraction of sp³-hybridized carbons (Fsp3) is 0.444. The van der Waals surface area contributed by atoms with Crippen molar-refractivity contribution in [1.82, 2.24) is 4.98 Å². The Hall–Kier alpha value is -0.920. The Bertz CT molecular complexity index is 235. The van der Waals surface area contributed by atoms with Crippen molar-refractivity contribution in [2.75, 3.05) is 0 Å². The first-order valence-corrected chi connectivity index (χ1v) is 3.73. The first-order valence-electron chi connectivity index (χ1n) is 3.73. The number of halogens is 1. The molecule has 1 aromatic rings. The van der Waals surface area contributed by atoms with Crippen molar-refractivity contribution in [1.29, 1.82) is 0 Å². The van der Waals surface area contributed by atoms with Crippen LogP contribution in [0.5, 0.6) is 0 Å². The van der Waals surface area contributed by atoms with Crippen molar-refractivity contribution in [2.45, 2.75) is 26.7 Å². The van der Waals surface area contributed by atoms with Crippen LogP contribution < -0.4 is 0 Å². The summed E-state index contributed by atoms with van der Waals surface area (Å²) in [6, 6.07) is 2.92. The summed E-state index contributed by atoms with van der Waals surface area (Å²) in [4.78, 5) is 4.19. The molecule has 0 atom stereocenters. The van der Waals surface area contributed by atoms with Gasteiger partial charge in [-0.2, -0.15) is 0 Å². The third kappa shape index (κ3) is 2.00. The first-order chi connectivity index (χ1) is 5.09. The van der Waals surface area contributed by atoms with Gasteiger partial charge in [0.1, 0.15) is 5.82 Å². The van der Waals surface area contributed by atoms with E-state index in [0.717, 1.165) is 11.4 Å². The molecule has 0 bridgehead atoms. The van der Waals surface area contributed by atoms with E-state index in [1.54, 1.807) is 6.92 Å². The van der Waals surface area contributed by atoms with Crippen LogP contribution >= 0.6 is 0 Å². The van der Waals surface area contributed by atoms with E-state index in [4.69, 9.17) is 0 Å². The lowest BCUT2D eigenvalue weighted by Gasteiger charge is -2.04. The molecule has 60 valence electrons. The van der Waals surface area contributed by atoms with Gasteiger partial charge in [-0.3, -0.25) is 4.98 Å². The third-order valence-electron chi connectivity index (χ3n) is 1.53. The summed E-state index contributed by atoms with van der Waals surface area (Å²) in [5, 5.41) is 0. The third-order valence-corrected chi connectivity index (χ3v) is 1.53. The average molecular weight is 153 g/mol. The SMILES string of the molecule is Cc1cc(F)cc(C(C)C)n1. The normalized spacial score (nSPS) is 10.6. The maximum atomic E-state index is 12.7. The van der Waals surface area contributed by atoms with Gasteiger partial charge in [-0.15, -0.1) is 0 Å². The predicted molar refractivity (Wildman–Crippen MR) is 43.0 cm³/mol. The molecular formula is C9H12FN. The second-order valence-corrected chi connectivity index (χ2v) is 3.01. The highest BCUT2D eigenvalue weighted by atomic mass is 19.1. The molecule has 1 rings (SSSR count). The van der Waals surface area contributed by atoms with Gasteiger partial charge in [-0.1, -0.05) is 13.8 Å². The highest BCUT2D eigenvalue weighted by Gasteiger charge is 2.02. The molecule has 2 heteroatoms. The van der Waals surface area contributed by atoms with Gasteiger partial charge >= 0.3 is 0 Å². The Labute approximate surface area is 66.3 Å². The quantitative estimate of drug-likeness (QED) is 0.604. The molecule has 0 saturated carbocycles. The summed E-state index contributed by atoms with van der Waals surface area (Å²) in [6.45, 7) is 5.80. The van der Waals surface area contributed by atoms with Gasteiger partial charge < -0.3 is 0 Å². The number of aromatic nitrogens is 1. The lowest BCUT2D eigenvalue weighted by atomic mass is 10.1. The van der Waals surface area contributed by atoms with Crippen LogP contribution in [0.15, 0.2) is 12.1 Å². The summed E-state index contributed by atoms with van der Waals surface area (Å²) < 4.78 is 12.7. The minimum absolute atomic E-state index is 0.193. The Morgan fingerprint density at radius 3 is 2.45 bits per heavy atom. The highest BCUT2D eigenvalue weighted by Crippen LogP contribution is 2.13. The zero-order valence-corrected chi connectivity index (χ0v) is 7.06. The lowest BCUT2D eigenvalue weighted by Crippen LogP contribution is -1.95. The molecule has 0 spiro atoms. The van der Waals surface area contributed by atoms with E-state index in [1.165, 1.54) is 12.1 Å². The zero-order valence-electron chi connectivity index (χ0n) is 7.06. The fourth-order valence-electron chi connectivity index (χ4n) is 0.946. The van der Waals surface area contributed by atoms with Crippen molar-refractivity contribution < 1.29 is 4.39 Å². The molecule has 1 nitrogen and oxygen atoms in total. The average Bonchev–Trinajstić information content (AvgIpc) is 1.85. The van der Waals surface area contributed by atoms with Crippen LogP contribution in [0.25, 0.3) is 0 Å². The summed E-state index contributed by atoms with van der Waals surface area (Å²) in [7, 11) is 0. The summed E-state index contributed by atoms with van der Waals surface area (Å²) in [6.07, 6.45) is 0. The van der Waals surface area contributed by atoms with E-state index in [1.807, 2.05) is 13.8 Å². The Morgan fingerprint density at radius 1 is 1.36 bits per heavy atom. The Morgan fingerprint density at radius 2 is 2.00 bits per heavy atom. The fourth-order valence-corrected chi connectivity index (χ4v) is 0.946. The van der Waals surface area contributed by atoms with Gasteiger partial charge in [0.15, 0.2) is 0 Å². The highest BCUT2D eigenvalue weighted by molar-refractivity contribution is 5.14. The molecule has 0 aliphatic heterocycles. The molecule has 11 heavy (non-hydrogen) atoms.